The van der Waals surface area contributed by atoms with Crippen LogP contribution in [0.15, 0.2) is 54.9 Å². The van der Waals surface area contributed by atoms with Gasteiger partial charge in [0.15, 0.2) is 0 Å². The number of para-hydroxylation sites is 2. The average Bonchev–Trinajstić information content (AvgIpc) is 3.14. The van der Waals surface area contributed by atoms with Crippen molar-refractivity contribution in [3.8, 4) is 0 Å². The van der Waals surface area contributed by atoms with Gasteiger partial charge in [-0.1, -0.05) is 36.4 Å². The molecule has 28 heavy (non-hydrogen) atoms. The molecule has 1 unspecified atom stereocenters. The van der Waals surface area contributed by atoms with Gasteiger partial charge in [-0.05, 0) is 23.3 Å². The van der Waals surface area contributed by atoms with Crippen molar-refractivity contribution in [3.05, 3.63) is 66.0 Å². The van der Waals surface area contributed by atoms with E-state index in [4.69, 9.17) is 4.74 Å². The highest BCUT2D eigenvalue weighted by molar-refractivity contribution is 7.89. The molecule has 8 heteroatoms. The minimum Gasteiger partial charge on any atom is -0.468 e. The van der Waals surface area contributed by atoms with E-state index in [1.165, 1.54) is 11.4 Å². The molecule has 1 atom stereocenters. The molecule has 0 N–H and O–H groups in total. The standard InChI is InChI=1S/C20H21N3O4S/c1-27-20(24)19-12-15-6-2-3-7-16(15)13-23(19)28(25,26)11-10-22-14-21-17-8-4-5-9-18(17)22/h2-9,14,19H,10-13H2,1H3. The quantitative estimate of drug-likeness (QED) is 0.613. The maximum absolute atomic E-state index is 13.1. The molecule has 0 spiro atoms. The molecule has 0 saturated carbocycles. The summed E-state index contributed by atoms with van der Waals surface area (Å²) >= 11 is 0. The minimum atomic E-state index is -3.69. The van der Waals surface area contributed by atoms with Gasteiger partial charge in [0.1, 0.15) is 6.04 Å². The van der Waals surface area contributed by atoms with E-state index in [0.717, 1.165) is 22.2 Å². The molecule has 2 aromatic carbocycles. The number of sulfonamides is 1. The van der Waals surface area contributed by atoms with Crippen LogP contribution in [0.5, 0.6) is 0 Å². The van der Waals surface area contributed by atoms with Crippen molar-refractivity contribution in [1.29, 1.82) is 0 Å². The van der Waals surface area contributed by atoms with Crippen LogP contribution in [0.2, 0.25) is 0 Å². The highest BCUT2D eigenvalue weighted by Crippen LogP contribution is 2.27. The number of hydrogen-bond donors (Lipinski definition) is 0. The maximum Gasteiger partial charge on any atom is 0.324 e. The molecule has 7 nitrogen and oxygen atoms in total. The van der Waals surface area contributed by atoms with Gasteiger partial charge in [0.25, 0.3) is 0 Å². The number of aromatic nitrogens is 2. The number of esters is 1. The first-order valence-corrected chi connectivity index (χ1v) is 10.6. The van der Waals surface area contributed by atoms with Gasteiger partial charge >= 0.3 is 5.97 Å². The van der Waals surface area contributed by atoms with Crippen LogP contribution in [0.4, 0.5) is 0 Å². The first-order chi connectivity index (χ1) is 13.5. The fourth-order valence-corrected chi connectivity index (χ4v) is 5.19. The van der Waals surface area contributed by atoms with Crippen LogP contribution in [-0.4, -0.2) is 47.1 Å². The van der Waals surface area contributed by atoms with Gasteiger partial charge in [0, 0.05) is 19.5 Å². The van der Waals surface area contributed by atoms with Gasteiger partial charge < -0.3 is 9.30 Å². The number of rotatable bonds is 5. The van der Waals surface area contributed by atoms with Crippen LogP contribution in [0, 0.1) is 0 Å². The van der Waals surface area contributed by atoms with Crippen molar-refractivity contribution in [2.45, 2.75) is 25.6 Å². The Bertz CT molecular complexity index is 1120. The Kier molecular flexibility index (Phi) is 4.91. The number of aryl methyl sites for hydroxylation is 1. The Morgan fingerprint density at radius 1 is 1.14 bits per heavy atom. The third kappa shape index (κ3) is 3.41. The van der Waals surface area contributed by atoms with Crippen LogP contribution < -0.4 is 0 Å². The Balaban J connectivity index is 1.60. The van der Waals surface area contributed by atoms with E-state index >= 15 is 0 Å². The number of hydrogen-bond acceptors (Lipinski definition) is 5. The summed E-state index contributed by atoms with van der Waals surface area (Å²) in [6.07, 6.45) is 1.96. The van der Waals surface area contributed by atoms with Gasteiger partial charge in [0.05, 0.1) is 30.2 Å². The summed E-state index contributed by atoms with van der Waals surface area (Å²) in [6.45, 7) is 0.428. The largest absolute Gasteiger partial charge is 0.468 e. The molecule has 0 aliphatic carbocycles. The van der Waals surface area contributed by atoms with Crippen LogP contribution in [0.1, 0.15) is 11.1 Å². The molecule has 1 aliphatic rings. The smallest absolute Gasteiger partial charge is 0.324 e. The van der Waals surface area contributed by atoms with Crippen molar-refractivity contribution in [2.24, 2.45) is 0 Å². The lowest BCUT2D eigenvalue weighted by atomic mass is 9.96. The molecule has 3 aromatic rings. The summed E-state index contributed by atoms with van der Waals surface area (Å²) in [5.41, 5.74) is 3.59. The number of nitrogens with zero attached hydrogens (tertiary/aromatic N) is 3. The summed E-state index contributed by atoms with van der Waals surface area (Å²) < 4.78 is 34.3. The lowest BCUT2D eigenvalue weighted by Gasteiger charge is -2.34. The van der Waals surface area contributed by atoms with E-state index in [0.29, 0.717) is 6.42 Å². The van der Waals surface area contributed by atoms with Crippen molar-refractivity contribution in [2.75, 3.05) is 12.9 Å². The predicted molar refractivity (Wildman–Crippen MR) is 105 cm³/mol. The van der Waals surface area contributed by atoms with Crippen LogP contribution in [-0.2, 0) is 39.1 Å². The normalized spacial score (nSPS) is 17.4. The molecule has 0 radical (unpaired) electrons. The van der Waals surface area contributed by atoms with E-state index in [9.17, 15) is 13.2 Å². The first kappa shape index (κ1) is 18.6. The van der Waals surface area contributed by atoms with E-state index in [2.05, 4.69) is 4.98 Å². The zero-order chi connectivity index (χ0) is 19.7. The maximum atomic E-state index is 13.1. The summed E-state index contributed by atoms with van der Waals surface area (Å²) in [5.74, 6) is -0.658. The zero-order valence-corrected chi connectivity index (χ0v) is 16.3. The number of imidazole rings is 1. The molecule has 1 aliphatic heterocycles. The average molecular weight is 399 g/mol. The van der Waals surface area contributed by atoms with E-state index < -0.39 is 22.0 Å². The zero-order valence-electron chi connectivity index (χ0n) is 15.5. The third-order valence-corrected chi connectivity index (χ3v) is 6.95. The highest BCUT2D eigenvalue weighted by atomic mass is 32.2. The van der Waals surface area contributed by atoms with Crippen molar-refractivity contribution in [3.63, 3.8) is 0 Å². The Labute approximate surface area is 163 Å². The van der Waals surface area contributed by atoms with Crippen LogP contribution >= 0.6 is 0 Å². The fraction of sp³-hybridized carbons (Fsp3) is 0.300. The molecule has 146 valence electrons. The second kappa shape index (κ2) is 7.37. The van der Waals surface area contributed by atoms with Gasteiger partial charge in [-0.15, -0.1) is 0 Å². The lowest BCUT2D eigenvalue weighted by Crippen LogP contribution is -2.50. The molecular weight excluding hydrogens is 378 g/mol. The van der Waals surface area contributed by atoms with Gasteiger partial charge in [-0.2, -0.15) is 4.31 Å². The highest BCUT2D eigenvalue weighted by Gasteiger charge is 2.39. The first-order valence-electron chi connectivity index (χ1n) is 9.03. The monoisotopic (exact) mass is 399 g/mol. The fourth-order valence-electron chi connectivity index (χ4n) is 3.65. The van der Waals surface area contributed by atoms with E-state index in [1.54, 1.807) is 6.33 Å². The predicted octanol–water partition coefficient (Wildman–Crippen LogP) is 1.97. The number of fused-ring (bicyclic) bond motifs is 2. The Morgan fingerprint density at radius 3 is 2.64 bits per heavy atom. The molecule has 4 rings (SSSR count). The second-order valence-electron chi connectivity index (χ2n) is 6.80. The summed E-state index contributed by atoms with van der Waals surface area (Å²) in [6, 6.07) is 14.3. The van der Waals surface area contributed by atoms with E-state index in [-0.39, 0.29) is 18.8 Å². The van der Waals surface area contributed by atoms with Crippen LogP contribution in [0.25, 0.3) is 11.0 Å². The molecule has 0 saturated heterocycles. The number of carbonyl (C=O) groups excluding carboxylic acids is 1. The second-order valence-corrected chi connectivity index (χ2v) is 8.84. The molecule has 0 amide bonds. The molecule has 1 aromatic heterocycles. The van der Waals surface area contributed by atoms with Crippen molar-refractivity contribution < 1.29 is 17.9 Å². The van der Waals surface area contributed by atoms with Gasteiger partial charge in [0.2, 0.25) is 10.0 Å². The van der Waals surface area contributed by atoms with Gasteiger partial charge in [-0.3, -0.25) is 4.79 Å². The van der Waals surface area contributed by atoms with Gasteiger partial charge in [-0.25, -0.2) is 13.4 Å². The topological polar surface area (TPSA) is 81.5 Å². The summed E-state index contributed by atoms with van der Waals surface area (Å²) in [7, 11) is -2.41. The number of ether oxygens (including phenoxy) is 1. The summed E-state index contributed by atoms with van der Waals surface area (Å²) in [4.78, 5) is 16.6. The molecular formula is C20H21N3O4S. The molecule has 0 bridgehead atoms. The Hall–Kier alpha value is -2.71. The lowest BCUT2D eigenvalue weighted by molar-refractivity contribution is -0.145. The number of carbonyl (C=O) groups is 1. The van der Waals surface area contributed by atoms with Crippen molar-refractivity contribution >= 4 is 27.0 Å². The third-order valence-electron chi connectivity index (χ3n) is 5.15. The van der Waals surface area contributed by atoms with E-state index in [1.807, 2.05) is 53.1 Å². The van der Waals surface area contributed by atoms with Crippen LogP contribution in [0.3, 0.4) is 0 Å². The number of benzene rings is 2. The molecule has 2 heterocycles. The minimum absolute atomic E-state index is 0.122. The number of methoxy groups -OCH3 is 1. The van der Waals surface area contributed by atoms with Crippen molar-refractivity contribution in [1.82, 2.24) is 13.9 Å². The molecule has 0 fully saturated rings. The summed E-state index contributed by atoms with van der Waals surface area (Å²) in [5, 5.41) is 0. The SMILES string of the molecule is COC(=O)C1Cc2ccccc2CN1S(=O)(=O)CCn1cnc2ccccc21. The Morgan fingerprint density at radius 2 is 1.86 bits per heavy atom.